The summed E-state index contributed by atoms with van der Waals surface area (Å²) < 4.78 is 36.2. The second kappa shape index (κ2) is 5.16. The van der Waals surface area contributed by atoms with Gasteiger partial charge in [0.25, 0.3) is 0 Å². The Bertz CT molecular complexity index is 841. The van der Waals surface area contributed by atoms with Gasteiger partial charge in [-0.05, 0) is 19.1 Å². The maximum absolute atomic E-state index is 12.0. The zero-order valence-corrected chi connectivity index (χ0v) is 12.8. The van der Waals surface area contributed by atoms with E-state index < -0.39 is 27.8 Å². The summed E-state index contributed by atoms with van der Waals surface area (Å²) in [5.41, 5.74) is 0.497. The molecule has 1 aliphatic rings. The molecule has 0 fully saturated rings. The van der Waals surface area contributed by atoms with Crippen LogP contribution in [0, 0.1) is 0 Å². The highest BCUT2D eigenvalue weighted by atomic mass is 32.2. The highest BCUT2D eigenvalue weighted by Gasteiger charge is 2.36. The summed E-state index contributed by atoms with van der Waals surface area (Å²) in [4.78, 5) is 11.1. The van der Waals surface area contributed by atoms with Crippen LogP contribution in [0.1, 0.15) is 18.7 Å². The first-order valence-electron chi connectivity index (χ1n) is 6.65. The predicted octanol–water partition coefficient (Wildman–Crippen LogP) is 0.694. The molecule has 0 unspecified atom stereocenters. The quantitative estimate of drug-likeness (QED) is 0.890. The Morgan fingerprint density at radius 3 is 2.77 bits per heavy atom. The van der Waals surface area contributed by atoms with Crippen molar-refractivity contribution in [2.45, 2.75) is 18.9 Å². The summed E-state index contributed by atoms with van der Waals surface area (Å²) in [5, 5.41) is 5.97. The normalized spacial score (nSPS) is 19.4. The molecule has 2 heterocycles. The average molecular weight is 325 g/mol. The lowest BCUT2D eigenvalue weighted by molar-refractivity contribution is 0.161. The topological polar surface area (TPSA) is 106 Å². The van der Waals surface area contributed by atoms with Crippen LogP contribution in [0.2, 0.25) is 0 Å². The van der Waals surface area contributed by atoms with Crippen molar-refractivity contribution in [3.8, 4) is 5.75 Å². The number of sulfonamides is 1. The number of anilines is 1. The Hall–Kier alpha value is -2.29. The van der Waals surface area contributed by atoms with Crippen molar-refractivity contribution >= 4 is 15.7 Å². The maximum Gasteiger partial charge on any atom is 0.434 e. The van der Waals surface area contributed by atoms with Gasteiger partial charge in [-0.25, -0.2) is 18.3 Å². The van der Waals surface area contributed by atoms with E-state index >= 15 is 0 Å². The molecule has 0 aliphatic carbocycles. The van der Waals surface area contributed by atoms with E-state index in [4.69, 9.17) is 9.15 Å². The summed E-state index contributed by atoms with van der Waals surface area (Å²) in [6.45, 7) is 1.88. The van der Waals surface area contributed by atoms with Gasteiger partial charge in [0.1, 0.15) is 11.9 Å². The van der Waals surface area contributed by atoms with E-state index in [1.165, 1.54) is 4.31 Å². The van der Waals surface area contributed by atoms with Gasteiger partial charge < -0.3 is 9.15 Å². The van der Waals surface area contributed by atoms with Crippen molar-refractivity contribution in [3.63, 3.8) is 0 Å². The van der Waals surface area contributed by atoms with Crippen LogP contribution in [-0.4, -0.2) is 37.5 Å². The van der Waals surface area contributed by atoms with E-state index in [2.05, 4.69) is 10.2 Å². The fourth-order valence-electron chi connectivity index (χ4n) is 2.39. The van der Waals surface area contributed by atoms with Gasteiger partial charge >= 0.3 is 5.76 Å². The van der Waals surface area contributed by atoms with Gasteiger partial charge in [0.05, 0.1) is 24.4 Å². The number of ether oxygens (including phenoxy) is 1. The maximum atomic E-state index is 12.0. The Morgan fingerprint density at radius 2 is 2.14 bits per heavy atom. The average Bonchev–Trinajstić information content (AvgIpc) is 2.91. The third kappa shape index (κ3) is 2.59. The van der Waals surface area contributed by atoms with E-state index in [1.807, 2.05) is 0 Å². The standard InChI is InChI=1S/C13H15N3O5S/c1-8(12-14-15-13(17)21-12)11-7-16(22(2,18)19)9-5-3-4-6-10(9)20-11/h3-6,8,11H,7H2,1-2H3,(H,15,17)/t8-,11+/m0/s1. The molecule has 0 saturated carbocycles. The summed E-state index contributed by atoms with van der Waals surface area (Å²) in [5.74, 6) is -0.397. The molecule has 1 aliphatic heterocycles. The molecule has 0 radical (unpaired) electrons. The number of H-pyrrole nitrogens is 1. The molecule has 1 aromatic carbocycles. The molecule has 9 heteroatoms. The highest BCUT2D eigenvalue weighted by molar-refractivity contribution is 7.92. The number of rotatable bonds is 3. The summed E-state index contributed by atoms with van der Waals surface area (Å²) in [6.07, 6.45) is 0.627. The van der Waals surface area contributed by atoms with E-state index in [9.17, 15) is 13.2 Å². The van der Waals surface area contributed by atoms with E-state index in [0.717, 1.165) is 6.26 Å². The fourth-order valence-corrected chi connectivity index (χ4v) is 3.32. The van der Waals surface area contributed by atoms with Crippen LogP contribution >= 0.6 is 0 Å². The Kier molecular flexibility index (Phi) is 3.44. The smallest absolute Gasteiger partial charge is 0.434 e. The highest BCUT2D eigenvalue weighted by Crippen LogP contribution is 2.37. The van der Waals surface area contributed by atoms with Crippen LogP contribution in [0.25, 0.3) is 0 Å². The molecule has 0 amide bonds. The molecular formula is C13H15N3O5S. The van der Waals surface area contributed by atoms with Crippen molar-refractivity contribution in [2.75, 3.05) is 17.1 Å². The molecule has 2 atom stereocenters. The molecule has 118 valence electrons. The molecule has 1 aromatic heterocycles. The Labute approximate surface area is 126 Å². The first-order chi connectivity index (χ1) is 10.4. The zero-order chi connectivity index (χ0) is 15.9. The molecule has 22 heavy (non-hydrogen) atoms. The summed E-state index contributed by atoms with van der Waals surface area (Å²) in [6, 6.07) is 6.90. The lowest BCUT2D eigenvalue weighted by atomic mass is 10.0. The van der Waals surface area contributed by atoms with Crippen LogP contribution < -0.4 is 14.8 Å². The first kappa shape index (κ1) is 14.6. The molecule has 8 nitrogen and oxygen atoms in total. The van der Waals surface area contributed by atoms with Crippen LogP contribution in [0.15, 0.2) is 33.5 Å². The minimum Gasteiger partial charge on any atom is -0.486 e. The second-order valence-electron chi connectivity index (χ2n) is 5.16. The van der Waals surface area contributed by atoms with Gasteiger partial charge in [0.2, 0.25) is 15.9 Å². The van der Waals surface area contributed by atoms with Gasteiger partial charge in [-0.15, -0.1) is 5.10 Å². The van der Waals surface area contributed by atoms with Crippen molar-refractivity contribution in [3.05, 3.63) is 40.7 Å². The van der Waals surface area contributed by atoms with Gasteiger partial charge in [-0.2, -0.15) is 0 Å². The largest absolute Gasteiger partial charge is 0.486 e. The number of nitrogens with one attached hydrogen (secondary N) is 1. The molecule has 2 aromatic rings. The summed E-state index contributed by atoms with van der Waals surface area (Å²) >= 11 is 0. The van der Waals surface area contributed by atoms with Crippen molar-refractivity contribution in [2.24, 2.45) is 0 Å². The lowest BCUT2D eigenvalue weighted by Crippen LogP contribution is -2.45. The van der Waals surface area contributed by atoms with Gasteiger partial charge in [0, 0.05) is 0 Å². The molecular weight excluding hydrogens is 310 g/mol. The minimum atomic E-state index is -3.45. The molecule has 0 saturated heterocycles. The Morgan fingerprint density at radius 1 is 1.41 bits per heavy atom. The number of fused-ring (bicyclic) bond motifs is 1. The number of hydrogen-bond acceptors (Lipinski definition) is 6. The van der Waals surface area contributed by atoms with Crippen LogP contribution in [0.4, 0.5) is 5.69 Å². The van der Waals surface area contributed by atoms with E-state index in [1.54, 1.807) is 31.2 Å². The second-order valence-corrected chi connectivity index (χ2v) is 7.06. The van der Waals surface area contributed by atoms with Crippen LogP contribution in [-0.2, 0) is 10.0 Å². The Balaban J connectivity index is 1.98. The predicted molar refractivity (Wildman–Crippen MR) is 78.6 cm³/mol. The number of aromatic nitrogens is 2. The lowest BCUT2D eigenvalue weighted by Gasteiger charge is -2.36. The molecule has 0 bridgehead atoms. The molecule has 3 rings (SSSR count). The van der Waals surface area contributed by atoms with Crippen molar-refractivity contribution < 1.29 is 17.6 Å². The van der Waals surface area contributed by atoms with E-state index in [0.29, 0.717) is 11.4 Å². The minimum absolute atomic E-state index is 0.119. The third-order valence-electron chi connectivity index (χ3n) is 3.56. The van der Waals surface area contributed by atoms with E-state index in [-0.39, 0.29) is 12.4 Å². The van der Waals surface area contributed by atoms with Crippen LogP contribution in [0.3, 0.4) is 0 Å². The SMILES string of the molecule is C[C@H](c1n[nH]c(=O)o1)[C@H]1CN(S(C)(=O)=O)c2ccccc2O1. The summed E-state index contributed by atoms with van der Waals surface area (Å²) in [7, 11) is -3.45. The number of para-hydroxylation sites is 2. The van der Waals surface area contributed by atoms with Gasteiger partial charge in [-0.3, -0.25) is 4.31 Å². The number of aromatic amines is 1. The number of hydrogen-bond donors (Lipinski definition) is 1. The van der Waals surface area contributed by atoms with Gasteiger partial charge in [0.15, 0.2) is 0 Å². The van der Waals surface area contributed by atoms with Gasteiger partial charge in [-0.1, -0.05) is 12.1 Å². The number of nitrogens with zero attached hydrogens (tertiary/aromatic N) is 2. The van der Waals surface area contributed by atoms with Crippen LogP contribution in [0.5, 0.6) is 5.75 Å². The molecule has 0 spiro atoms. The third-order valence-corrected chi connectivity index (χ3v) is 4.71. The molecule has 1 N–H and O–H groups in total. The fraction of sp³-hybridized carbons (Fsp3) is 0.385. The number of benzene rings is 1. The van der Waals surface area contributed by atoms with Crippen molar-refractivity contribution in [1.29, 1.82) is 0 Å². The van der Waals surface area contributed by atoms with Crippen molar-refractivity contribution in [1.82, 2.24) is 10.2 Å². The zero-order valence-electron chi connectivity index (χ0n) is 12.0. The first-order valence-corrected chi connectivity index (χ1v) is 8.50. The monoisotopic (exact) mass is 325 g/mol.